The van der Waals surface area contributed by atoms with Gasteiger partial charge in [-0.1, -0.05) is 37.5 Å². The van der Waals surface area contributed by atoms with Crippen molar-refractivity contribution in [3.8, 4) is 5.75 Å². The number of rotatable bonds is 12. The predicted octanol–water partition coefficient (Wildman–Crippen LogP) is 3.00. The molecule has 0 heterocycles. The maximum Gasteiger partial charge on any atom is 0.303 e. The molecule has 22 heavy (non-hydrogen) atoms. The van der Waals surface area contributed by atoms with Crippen molar-refractivity contribution in [2.45, 2.75) is 44.9 Å². The van der Waals surface area contributed by atoms with Gasteiger partial charge in [0.15, 0.2) is 0 Å². The highest BCUT2D eigenvalue weighted by molar-refractivity contribution is 5.75. The summed E-state index contributed by atoms with van der Waals surface area (Å²) in [5, 5.41) is 11.4. The highest BCUT2D eigenvalue weighted by Gasteiger charge is 2.01. The number of unbranched alkanes of at least 4 members (excludes halogenated alkanes) is 4. The van der Waals surface area contributed by atoms with Crippen molar-refractivity contribution in [2.75, 3.05) is 13.2 Å². The van der Waals surface area contributed by atoms with Crippen LogP contribution in [0.5, 0.6) is 5.75 Å². The number of carboxylic acids is 1. The van der Waals surface area contributed by atoms with Gasteiger partial charge in [0, 0.05) is 13.0 Å². The molecular weight excluding hydrogens is 282 g/mol. The summed E-state index contributed by atoms with van der Waals surface area (Å²) in [5.74, 6) is 0.0449. The molecule has 122 valence electrons. The van der Waals surface area contributed by atoms with E-state index in [2.05, 4.69) is 5.32 Å². The Kier molecular flexibility index (Phi) is 9.50. The number of carbonyl (C=O) groups excluding carboxylic acids is 1. The van der Waals surface area contributed by atoms with Crippen LogP contribution in [-0.4, -0.2) is 30.1 Å². The number of nitrogens with one attached hydrogen (secondary N) is 1. The van der Waals surface area contributed by atoms with Crippen molar-refractivity contribution in [1.82, 2.24) is 5.32 Å². The first-order chi connectivity index (χ1) is 10.7. The van der Waals surface area contributed by atoms with Gasteiger partial charge in [-0.3, -0.25) is 9.59 Å². The molecule has 0 bridgehead atoms. The van der Waals surface area contributed by atoms with Crippen LogP contribution in [0.15, 0.2) is 30.3 Å². The molecule has 0 unspecified atom stereocenters. The lowest BCUT2D eigenvalue weighted by molar-refractivity contribution is -0.137. The Morgan fingerprint density at radius 3 is 2.36 bits per heavy atom. The lowest BCUT2D eigenvalue weighted by Crippen LogP contribution is -2.25. The van der Waals surface area contributed by atoms with Crippen molar-refractivity contribution < 1.29 is 19.4 Å². The Hall–Kier alpha value is -2.04. The molecule has 0 aliphatic carbocycles. The average Bonchev–Trinajstić information content (AvgIpc) is 2.50. The van der Waals surface area contributed by atoms with Crippen molar-refractivity contribution in [3.63, 3.8) is 0 Å². The Balaban J connectivity index is 1.90. The van der Waals surface area contributed by atoms with Crippen molar-refractivity contribution >= 4 is 11.9 Å². The molecule has 1 rings (SSSR count). The van der Waals surface area contributed by atoms with E-state index < -0.39 is 5.97 Å². The first-order valence-electron chi connectivity index (χ1n) is 7.85. The van der Waals surface area contributed by atoms with Gasteiger partial charge in [0.1, 0.15) is 5.75 Å². The van der Waals surface area contributed by atoms with Gasteiger partial charge in [0.2, 0.25) is 5.91 Å². The topological polar surface area (TPSA) is 75.6 Å². The van der Waals surface area contributed by atoms with E-state index in [4.69, 9.17) is 9.84 Å². The number of carbonyl (C=O) groups is 2. The average molecular weight is 307 g/mol. The number of para-hydroxylation sites is 1. The zero-order valence-electron chi connectivity index (χ0n) is 12.9. The Bertz CT molecular complexity index is 434. The number of benzene rings is 1. The maximum atomic E-state index is 11.6. The van der Waals surface area contributed by atoms with E-state index in [0.29, 0.717) is 19.6 Å². The number of ether oxygens (including phenoxy) is 1. The highest BCUT2D eigenvalue weighted by atomic mass is 16.5. The third-order valence-corrected chi connectivity index (χ3v) is 3.23. The van der Waals surface area contributed by atoms with E-state index in [9.17, 15) is 9.59 Å². The first kappa shape index (κ1) is 18.0. The smallest absolute Gasteiger partial charge is 0.303 e. The van der Waals surface area contributed by atoms with Crippen LogP contribution in [-0.2, 0) is 9.59 Å². The molecule has 0 aromatic heterocycles. The summed E-state index contributed by atoms with van der Waals surface area (Å²) in [6.07, 6.45) is 5.23. The molecule has 1 amide bonds. The summed E-state index contributed by atoms with van der Waals surface area (Å²) >= 11 is 0. The molecule has 0 saturated heterocycles. The van der Waals surface area contributed by atoms with Crippen LogP contribution >= 0.6 is 0 Å². The Labute approximate surface area is 131 Å². The van der Waals surface area contributed by atoms with E-state index in [1.165, 1.54) is 0 Å². The number of hydrogen-bond donors (Lipinski definition) is 2. The summed E-state index contributed by atoms with van der Waals surface area (Å²) in [7, 11) is 0. The van der Waals surface area contributed by atoms with Crippen LogP contribution in [0, 0.1) is 0 Å². The molecule has 0 saturated carbocycles. The third-order valence-electron chi connectivity index (χ3n) is 3.23. The molecule has 0 radical (unpaired) electrons. The van der Waals surface area contributed by atoms with Gasteiger partial charge in [0.05, 0.1) is 13.0 Å². The molecule has 5 nitrogen and oxygen atoms in total. The van der Waals surface area contributed by atoms with Gasteiger partial charge >= 0.3 is 5.97 Å². The summed E-state index contributed by atoms with van der Waals surface area (Å²) in [6.45, 7) is 1.05. The van der Waals surface area contributed by atoms with Gasteiger partial charge in [0.25, 0.3) is 0 Å². The number of hydrogen-bond acceptors (Lipinski definition) is 3. The van der Waals surface area contributed by atoms with Crippen LogP contribution in [0.3, 0.4) is 0 Å². The standard InChI is InChI=1S/C17H25NO4/c19-16(12-14-22-15-9-5-4-6-10-15)18-13-8-3-1-2-7-11-17(20)21/h4-6,9-10H,1-3,7-8,11-14H2,(H,18,19)(H,20,21). The molecule has 0 atom stereocenters. The van der Waals surface area contributed by atoms with Crippen molar-refractivity contribution in [1.29, 1.82) is 0 Å². The monoisotopic (exact) mass is 307 g/mol. The zero-order chi connectivity index (χ0) is 16.0. The molecule has 5 heteroatoms. The van der Waals surface area contributed by atoms with E-state index in [-0.39, 0.29) is 12.3 Å². The van der Waals surface area contributed by atoms with Crippen molar-refractivity contribution in [2.24, 2.45) is 0 Å². The van der Waals surface area contributed by atoms with Gasteiger partial charge < -0.3 is 15.2 Å². The number of amides is 1. The molecule has 1 aromatic carbocycles. The van der Waals surface area contributed by atoms with E-state index in [1.807, 2.05) is 30.3 Å². The minimum Gasteiger partial charge on any atom is -0.493 e. The summed E-state index contributed by atoms with van der Waals surface area (Å²) in [6, 6.07) is 9.43. The molecule has 0 fully saturated rings. The quantitative estimate of drug-likeness (QED) is 0.582. The number of aliphatic carboxylic acids is 1. The fourth-order valence-electron chi connectivity index (χ4n) is 2.03. The van der Waals surface area contributed by atoms with Gasteiger partial charge in [-0.2, -0.15) is 0 Å². The molecular formula is C17H25NO4. The molecule has 0 aliphatic rings. The van der Waals surface area contributed by atoms with Gasteiger partial charge in [-0.25, -0.2) is 0 Å². The largest absolute Gasteiger partial charge is 0.493 e. The minimum absolute atomic E-state index is 0.00167. The first-order valence-corrected chi connectivity index (χ1v) is 7.85. The normalized spacial score (nSPS) is 10.2. The zero-order valence-corrected chi connectivity index (χ0v) is 12.9. The molecule has 0 spiro atoms. The third kappa shape index (κ3) is 9.80. The summed E-state index contributed by atoms with van der Waals surface area (Å²) < 4.78 is 5.46. The number of carboxylic acid groups (broad SMARTS) is 1. The van der Waals surface area contributed by atoms with E-state index >= 15 is 0 Å². The summed E-state index contributed by atoms with van der Waals surface area (Å²) in [5.41, 5.74) is 0. The van der Waals surface area contributed by atoms with Crippen molar-refractivity contribution in [3.05, 3.63) is 30.3 Å². The van der Waals surface area contributed by atoms with Gasteiger partial charge in [-0.15, -0.1) is 0 Å². The minimum atomic E-state index is -0.731. The maximum absolute atomic E-state index is 11.6. The SMILES string of the molecule is O=C(O)CCCCCCCNC(=O)CCOc1ccccc1. The highest BCUT2D eigenvalue weighted by Crippen LogP contribution is 2.08. The lowest BCUT2D eigenvalue weighted by atomic mass is 10.1. The van der Waals surface area contributed by atoms with E-state index in [1.54, 1.807) is 0 Å². The molecule has 2 N–H and O–H groups in total. The fraction of sp³-hybridized carbons (Fsp3) is 0.529. The summed E-state index contributed by atoms with van der Waals surface area (Å²) in [4.78, 5) is 21.9. The molecule has 0 aliphatic heterocycles. The predicted molar refractivity (Wildman–Crippen MR) is 84.9 cm³/mol. The van der Waals surface area contributed by atoms with Crippen LogP contribution < -0.4 is 10.1 Å². The van der Waals surface area contributed by atoms with Crippen LogP contribution in [0.2, 0.25) is 0 Å². The van der Waals surface area contributed by atoms with Crippen LogP contribution in [0.25, 0.3) is 0 Å². The van der Waals surface area contributed by atoms with Crippen LogP contribution in [0.1, 0.15) is 44.9 Å². The molecule has 1 aromatic rings. The second-order valence-electron chi connectivity index (χ2n) is 5.17. The Morgan fingerprint density at radius 1 is 0.955 bits per heavy atom. The fourth-order valence-corrected chi connectivity index (χ4v) is 2.03. The Morgan fingerprint density at radius 2 is 1.64 bits per heavy atom. The lowest BCUT2D eigenvalue weighted by Gasteiger charge is -2.07. The van der Waals surface area contributed by atoms with Crippen LogP contribution in [0.4, 0.5) is 0 Å². The second-order valence-corrected chi connectivity index (χ2v) is 5.17. The second kappa shape index (κ2) is 11.6. The van der Waals surface area contributed by atoms with E-state index in [0.717, 1.165) is 37.9 Å². The van der Waals surface area contributed by atoms with Gasteiger partial charge in [-0.05, 0) is 25.0 Å².